The number of Topliss-reactive ketones (excluding diaryl/α,β-unsaturated/α-hetero) is 1. The van der Waals surface area contributed by atoms with Crippen LogP contribution in [0.2, 0.25) is 0 Å². The van der Waals surface area contributed by atoms with Crippen LogP contribution in [0.3, 0.4) is 0 Å². The van der Waals surface area contributed by atoms with Crippen LogP contribution in [0.1, 0.15) is 61.8 Å². The first kappa shape index (κ1) is 24.5. The van der Waals surface area contributed by atoms with E-state index in [4.69, 9.17) is 4.74 Å². The molecule has 5 nitrogen and oxygen atoms in total. The molecule has 0 saturated heterocycles. The molecule has 1 aliphatic heterocycles. The quantitative estimate of drug-likeness (QED) is 0.407. The zero-order valence-corrected chi connectivity index (χ0v) is 22.2. The monoisotopic (exact) mass is 506 g/mol. The lowest BCUT2D eigenvalue weighted by Crippen LogP contribution is -2.43. The molecule has 0 bridgehead atoms. The summed E-state index contributed by atoms with van der Waals surface area (Å²) < 4.78 is 5.89. The standard InChI is InChI=1S/C33H34N2O3/c1-20(2)38-26-16-14-23(15-17-26)32-31-28(18-25(19-30(31)36)22-10-8-21(3)9-11-22)34-27-6-4-5-7-29(27)35(32)33(37)24-12-13-24/h4-11,14-18,20,24-25,31-32,34H,12-13,19H2,1-3H3/t25-,31+,32-/m0/s1. The number of ether oxygens (including phenoxy) is 1. The Bertz CT molecular complexity index is 1390. The van der Waals surface area contributed by atoms with Crippen molar-refractivity contribution in [3.8, 4) is 5.75 Å². The molecule has 1 heterocycles. The maximum absolute atomic E-state index is 14.1. The SMILES string of the molecule is Cc1ccc([C@H]2C=C3Nc4ccccc4N(C(=O)C4CC4)[C@@H](c4ccc(OC(C)C)cc4)[C@H]3C(=O)C2)cc1. The third-order valence-corrected chi connectivity index (χ3v) is 7.78. The summed E-state index contributed by atoms with van der Waals surface area (Å²) in [6.07, 6.45) is 4.48. The highest BCUT2D eigenvalue weighted by molar-refractivity contribution is 6.03. The first-order valence-corrected chi connectivity index (χ1v) is 13.7. The van der Waals surface area contributed by atoms with E-state index in [2.05, 4.69) is 42.6 Å². The van der Waals surface area contributed by atoms with Crippen LogP contribution in [0, 0.1) is 18.8 Å². The number of nitrogens with zero attached hydrogens (tertiary/aromatic N) is 1. The number of aryl methyl sites for hydroxylation is 1. The van der Waals surface area contributed by atoms with Crippen molar-refractivity contribution in [2.45, 2.75) is 58.1 Å². The molecule has 1 saturated carbocycles. The Morgan fingerprint density at radius 2 is 1.63 bits per heavy atom. The van der Waals surface area contributed by atoms with E-state index in [0.717, 1.165) is 46.8 Å². The van der Waals surface area contributed by atoms with Gasteiger partial charge in [-0.15, -0.1) is 0 Å². The highest BCUT2D eigenvalue weighted by Crippen LogP contribution is 2.49. The van der Waals surface area contributed by atoms with Crippen LogP contribution in [-0.2, 0) is 9.59 Å². The summed E-state index contributed by atoms with van der Waals surface area (Å²) >= 11 is 0. The number of ketones is 1. The van der Waals surface area contributed by atoms with E-state index in [-0.39, 0.29) is 29.6 Å². The van der Waals surface area contributed by atoms with Crippen molar-refractivity contribution in [3.63, 3.8) is 0 Å². The van der Waals surface area contributed by atoms with Gasteiger partial charge in [-0.2, -0.15) is 0 Å². The van der Waals surface area contributed by atoms with Gasteiger partial charge in [-0.05, 0) is 69.0 Å². The molecule has 5 heteroatoms. The van der Waals surface area contributed by atoms with E-state index < -0.39 is 12.0 Å². The lowest BCUT2D eigenvalue weighted by molar-refractivity contribution is -0.124. The van der Waals surface area contributed by atoms with Gasteiger partial charge in [0.1, 0.15) is 11.5 Å². The minimum Gasteiger partial charge on any atom is -0.491 e. The molecule has 0 unspecified atom stereocenters. The van der Waals surface area contributed by atoms with Crippen molar-refractivity contribution in [2.75, 3.05) is 10.2 Å². The number of benzene rings is 3. The first-order chi connectivity index (χ1) is 18.4. The first-order valence-electron chi connectivity index (χ1n) is 13.7. The van der Waals surface area contributed by atoms with E-state index in [0.29, 0.717) is 6.42 Å². The number of fused-ring (bicyclic) bond motifs is 2. The van der Waals surface area contributed by atoms with Crippen LogP contribution < -0.4 is 15.0 Å². The van der Waals surface area contributed by atoms with E-state index in [1.807, 2.05) is 67.3 Å². The topological polar surface area (TPSA) is 58.6 Å². The molecule has 1 fully saturated rings. The average molecular weight is 507 g/mol. The van der Waals surface area contributed by atoms with Gasteiger partial charge in [-0.25, -0.2) is 0 Å². The Labute approximate surface area is 224 Å². The third-order valence-electron chi connectivity index (χ3n) is 7.78. The summed E-state index contributed by atoms with van der Waals surface area (Å²) in [5, 5.41) is 3.61. The number of anilines is 2. The molecule has 38 heavy (non-hydrogen) atoms. The average Bonchev–Trinajstić information content (AvgIpc) is 3.75. The van der Waals surface area contributed by atoms with Crippen molar-refractivity contribution < 1.29 is 14.3 Å². The van der Waals surface area contributed by atoms with Gasteiger partial charge in [0.15, 0.2) is 0 Å². The van der Waals surface area contributed by atoms with Crippen molar-refractivity contribution in [1.29, 1.82) is 0 Å². The smallest absolute Gasteiger partial charge is 0.230 e. The highest BCUT2D eigenvalue weighted by Gasteiger charge is 2.47. The number of hydrogen-bond acceptors (Lipinski definition) is 4. The van der Waals surface area contributed by atoms with Gasteiger partial charge >= 0.3 is 0 Å². The molecule has 3 aromatic rings. The molecule has 6 rings (SSSR count). The molecule has 0 radical (unpaired) electrons. The second kappa shape index (κ2) is 9.79. The molecule has 194 valence electrons. The molecule has 1 amide bonds. The van der Waals surface area contributed by atoms with Crippen LogP contribution in [0.4, 0.5) is 11.4 Å². The van der Waals surface area contributed by atoms with Crippen molar-refractivity contribution in [2.24, 2.45) is 11.8 Å². The second-order valence-electron chi connectivity index (χ2n) is 11.1. The molecule has 3 atom stereocenters. The number of amides is 1. The van der Waals surface area contributed by atoms with E-state index in [9.17, 15) is 9.59 Å². The van der Waals surface area contributed by atoms with E-state index >= 15 is 0 Å². The Kier molecular flexibility index (Phi) is 6.30. The number of para-hydroxylation sites is 2. The fourth-order valence-corrected chi connectivity index (χ4v) is 5.77. The minimum atomic E-state index is -0.483. The molecule has 1 N–H and O–H groups in total. The zero-order chi connectivity index (χ0) is 26.4. The summed E-state index contributed by atoms with van der Waals surface area (Å²) in [6, 6.07) is 23.8. The molecule has 0 aromatic heterocycles. The van der Waals surface area contributed by atoms with Crippen LogP contribution in [-0.4, -0.2) is 17.8 Å². The summed E-state index contributed by atoms with van der Waals surface area (Å²) in [5.74, 6) is 0.543. The highest BCUT2D eigenvalue weighted by atomic mass is 16.5. The van der Waals surface area contributed by atoms with Crippen molar-refractivity contribution >= 4 is 23.1 Å². The normalized spacial score (nSPS) is 22.6. The van der Waals surface area contributed by atoms with Crippen molar-refractivity contribution in [1.82, 2.24) is 0 Å². The lowest BCUT2D eigenvalue weighted by Gasteiger charge is -2.38. The molecular weight excluding hydrogens is 472 g/mol. The lowest BCUT2D eigenvalue weighted by atomic mass is 9.76. The number of carbonyl (C=O) groups excluding carboxylic acids is 2. The Balaban J connectivity index is 1.50. The van der Waals surface area contributed by atoms with E-state index in [1.54, 1.807) is 0 Å². The van der Waals surface area contributed by atoms with Gasteiger partial charge in [0.2, 0.25) is 5.91 Å². The fraction of sp³-hybridized carbons (Fsp3) is 0.333. The van der Waals surface area contributed by atoms with Gasteiger partial charge in [-0.1, -0.05) is 60.2 Å². The molecular formula is C33H34N2O3. The van der Waals surface area contributed by atoms with Crippen LogP contribution in [0.15, 0.2) is 84.6 Å². The van der Waals surface area contributed by atoms with Crippen LogP contribution in [0.25, 0.3) is 0 Å². The minimum absolute atomic E-state index is 0.0119. The summed E-state index contributed by atoms with van der Waals surface area (Å²) in [4.78, 5) is 29.9. The number of carbonyl (C=O) groups is 2. The number of nitrogens with one attached hydrogen (secondary N) is 1. The molecule has 2 aliphatic carbocycles. The van der Waals surface area contributed by atoms with Gasteiger partial charge in [0.25, 0.3) is 0 Å². The van der Waals surface area contributed by atoms with Gasteiger partial charge < -0.3 is 15.0 Å². The third kappa shape index (κ3) is 4.62. The Hall–Kier alpha value is -3.86. The van der Waals surface area contributed by atoms with Gasteiger partial charge in [0, 0.05) is 24.0 Å². The Morgan fingerprint density at radius 3 is 2.32 bits per heavy atom. The predicted octanol–water partition coefficient (Wildman–Crippen LogP) is 6.95. The van der Waals surface area contributed by atoms with Gasteiger partial charge in [0.05, 0.1) is 29.4 Å². The van der Waals surface area contributed by atoms with Crippen LogP contribution >= 0.6 is 0 Å². The summed E-state index contributed by atoms with van der Waals surface area (Å²) in [6.45, 7) is 6.07. The maximum atomic E-state index is 14.1. The molecule has 3 aromatic carbocycles. The second-order valence-corrected chi connectivity index (χ2v) is 11.1. The molecule has 0 spiro atoms. The largest absolute Gasteiger partial charge is 0.491 e. The zero-order valence-electron chi connectivity index (χ0n) is 22.2. The number of allylic oxidation sites excluding steroid dienone is 1. The Morgan fingerprint density at radius 1 is 0.947 bits per heavy atom. The van der Waals surface area contributed by atoms with Crippen molar-refractivity contribution in [3.05, 3.63) is 101 Å². The maximum Gasteiger partial charge on any atom is 0.230 e. The summed E-state index contributed by atoms with van der Waals surface area (Å²) in [7, 11) is 0. The summed E-state index contributed by atoms with van der Waals surface area (Å²) in [5.41, 5.74) is 5.82. The number of rotatable bonds is 5. The van der Waals surface area contributed by atoms with Crippen LogP contribution in [0.5, 0.6) is 5.75 Å². The van der Waals surface area contributed by atoms with Gasteiger partial charge in [-0.3, -0.25) is 9.59 Å². The van der Waals surface area contributed by atoms with E-state index in [1.165, 1.54) is 5.56 Å². The predicted molar refractivity (Wildman–Crippen MR) is 150 cm³/mol. The molecule has 3 aliphatic rings. The number of hydrogen-bond donors (Lipinski definition) is 1. The fourth-order valence-electron chi connectivity index (χ4n) is 5.77.